The number of carbonyl (C=O) groups is 1. The SMILES string of the molecule is CCOc1ccccc1NC(=O)COc1ccc(S(=O)(=O)N2CCOCC2)cc1. The van der Waals surface area contributed by atoms with Gasteiger partial charge in [0, 0.05) is 13.1 Å². The van der Waals surface area contributed by atoms with Crippen LogP contribution in [-0.4, -0.2) is 58.1 Å². The molecule has 0 spiro atoms. The molecule has 0 unspecified atom stereocenters. The zero-order valence-electron chi connectivity index (χ0n) is 16.2. The molecule has 2 aromatic carbocycles. The molecule has 0 bridgehead atoms. The molecular weight excluding hydrogens is 396 g/mol. The maximum atomic E-state index is 12.6. The van der Waals surface area contributed by atoms with Crippen molar-refractivity contribution in [2.45, 2.75) is 11.8 Å². The third-order valence-corrected chi connectivity index (χ3v) is 6.18. The number of sulfonamides is 1. The second kappa shape index (κ2) is 9.73. The Kier molecular flexibility index (Phi) is 7.08. The van der Waals surface area contributed by atoms with E-state index in [2.05, 4.69) is 5.32 Å². The van der Waals surface area contributed by atoms with Crippen LogP contribution in [0.1, 0.15) is 6.92 Å². The fourth-order valence-electron chi connectivity index (χ4n) is 2.83. The summed E-state index contributed by atoms with van der Waals surface area (Å²) in [5.41, 5.74) is 0.565. The first-order chi connectivity index (χ1) is 14.0. The first-order valence-electron chi connectivity index (χ1n) is 9.33. The predicted molar refractivity (Wildman–Crippen MR) is 108 cm³/mol. The zero-order chi connectivity index (χ0) is 20.7. The molecule has 2 aromatic rings. The minimum Gasteiger partial charge on any atom is -0.492 e. The number of benzene rings is 2. The van der Waals surface area contributed by atoms with E-state index in [1.54, 1.807) is 18.2 Å². The van der Waals surface area contributed by atoms with Crippen molar-refractivity contribution in [1.29, 1.82) is 0 Å². The van der Waals surface area contributed by atoms with Crippen molar-refractivity contribution in [3.8, 4) is 11.5 Å². The van der Waals surface area contributed by atoms with Crippen LogP contribution in [0.3, 0.4) is 0 Å². The predicted octanol–water partition coefficient (Wildman–Crippen LogP) is 2.12. The van der Waals surface area contributed by atoms with Gasteiger partial charge in [-0.05, 0) is 43.3 Å². The number of carbonyl (C=O) groups excluding carboxylic acids is 1. The van der Waals surface area contributed by atoms with Gasteiger partial charge >= 0.3 is 0 Å². The lowest BCUT2D eigenvalue weighted by Gasteiger charge is -2.26. The number of nitrogens with one attached hydrogen (secondary N) is 1. The number of morpholine rings is 1. The summed E-state index contributed by atoms with van der Waals surface area (Å²) in [4.78, 5) is 12.4. The van der Waals surface area contributed by atoms with E-state index in [1.807, 2.05) is 13.0 Å². The Balaban J connectivity index is 1.57. The van der Waals surface area contributed by atoms with Gasteiger partial charge in [0.1, 0.15) is 11.5 Å². The summed E-state index contributed by atoms with van der Waals surface area (Å²) in [5.74, 6) is 0.641. The van der Waals surface area contributed by atoms with E-state index in [4.69, 9.17) is 14.2 Å². The molecule has 1 amide bonds. The van der Waals surface area contributed by atoms with E-state index in [-0.39, 0.29) is 17.4 Å². The number of hydrogen-bond acceptors (Lipinski definition) is 6. The van der Waals surface area contributed by atoms with Crippen LogP contribution in [0.4, 0.5) is 5.69 Å². The van der Waals surface area contributed by atoms with Gasteiger partial charge in [0.25, 0.3) is 5.91 Å². The van der Waals surface area contributed by atoms with E-state index in [0.29, 0.717) is 50.1 Å². The molecule has 0 aliphatic carbocycles. The van der Waals surface area contributed by atoms with Crippen LogP contribution in [-0.2, 0) is 19.6 Å². The maximum absolute atomic E-state index is 12.6. The molecular formula is C20H24N2O6S. The molecule has 1 aliphatic heterocycles. The fourth-order valence-corrected chi connectivity index (χ4v) is 4.24. The zero-order valence-corrected chi connectivity index (χ0v) is 17.0. The lowest BCUT2D eigenvalue weighted by Crippen LogP contribution is -2.40. The summed E-state index contributed by atoms with van der Waals surface area (Å²) >= 11 is 0. The normalized spacial score (nSPS) is 14.9. The Bertz CT molecular complexity index is 924. The average Bonchev–Trinajstić information content (AvgIpc) is 2.75. The molecule has 1 saturated heterocycles. The first-order valence-corrected chi connectivity index (χ1v) is 10.8. The molecule has 8 nitrogen and oxygen atoms in total. The van der Waals surface area contributed by atoms with Gasteiger partial charge in [-0.15, -0.1) is 0 Å². The highest BCUT2D eigenvalue weighted by Gasteiger charge is 2.26. The van der Waals surface area contributed by atoms with Crippen LogP contribution < -0.4 is 14.8 Å². The smallest absolute Gasteiger partial charge is 0.262 e. The number of para-hydroxylation sites is 2. The Morgan fingerprint density at radius 2 is 1.76 bits per heavy atom. The molecule has 9 heteroatoms. The number of rotatable bonds is 8. The fraction of sp³-hybridized carbons (Fsp3) is 0.350. The third-order valence-electron chi connectivity index (χ3n) is 4.26. The van der Waals surface area contributed by atoms with E-state index in [1.165, 1.54) is 28.6 Å². The second-order valence-electron chi connectivity index (χ2n) is 6.25. The van der Waals surface area contributed by atoms with Crippen molar-refractivity contribution in [2.75, 3.05) is 44.8 Å². The third kappa shape index (κ3) is 5.47. The standard InChI is InChI=1S/C20H24N2O6S/c1-2-27-19-6-4-3-5-18(19)21-20(23)15-28-16-7-9-17(10-8-16)29(24,25)22-11-13-26-14-12-22/h3-10H,2,11-15H2,1H3,(H,21,23). The molecule has 1 aliphatic rings. The van der Waals surface area contributed by atoms with Crippen molar-refractivity contribution in [3.63, 3.8) is 0 Å². The van der Waals surface area contributed by atoms with Gasteiger partial charge in [0.15, 0.2) is 6.61 Å². The van der Waals surface area contributed by atoms with E-state index >= 15 is 0 Å². The van der Waals surface area contributed by atoms with Crippen LogP contribution in [0.25, 0.3) is 0 Å². The van der Waals surface area contributed by atoms with Gasteiger partial charge in [-0.3, -0.25) is 4.79 Å². The lowest BCUT2D eigenvalue weighted by molar-refractivity contribution is -0.118. The Morgan fingerprint density at radius 3 is 2.45 bits per heavy atom. The molecule has 1 fully saturated rings. The second-order valence-corrected chi connectivity index (χ2v) is 8.19. The summed E-state index contributed by atoms with van der Waals surface area (Å²) in [5, 5.41) is 2.74. The molecule has 156 valence electrons. The van der Waals surface area contributed by atoms with Crippen molar-refractivity contribution < 1.29 is 27.4 Å². The number of amides is 1. The van der Waals surface area contributed by atoms with Gasteiger partial charge < -0.3 is 19.5 Å². The van der Waals surface area contributed by atoms with Crippen LogP contribution in [0, 0.1) is 0 Å². The minimum atomic E-state index is -3.56. The van der Waals surface area contributed by atoms with Crippen molar-refractivity contribution in [3.05, 3.63) is 48.5 Å². The monoisotopic (exact) mass is 420 g/mol. The minimum absolute atomic E-state index is 0.182. The van der Waals surface area contributed by atoms with E-state index in [9.17, 15) is 13.2 Å². The Hall–Kier alpha value is -2.62. The van der Waals surface area contributed by atoms with E-state index in [0.717, 1.165) is 0 Å². The summed E-state index contributed by atoms with van der Waals surface area (Å²) in [6, 6.07) is 13.2. The van der Waals surface area contributed by atoms with Crippen LogP contribution in [0.15, 0.2) is 53.4 Å². The number of anilines is 1. The van der Waals surface area contributed by atoms with Crippen LogP contribution in [0.2, 0.25) is 0 Å². The quantitative estimate of drug-likeness (QED) is 0.703. The van der Waals surface area contributed by atoms with Crippen LogP contribution >= 0.6 is 0 Å². The molecule has 1 heterocycles. The molecule has 0 aromatic heterocycles. The summed E-state index contributed by atoms with van der Waals surface area (Å²) in [6.07, 6.45) is 0. The highest BCUT2D eigenvalue weighted by Crippen LogP contribution is 2.24. The number of nitrogens with zero attached hydrogens (tertiary/aromatic N) is 1. The molecule has 0 radical (unpaired) electrons. The van der Waals surface area contributed by atoms with Gasteiger partial charge in [-0.25, -0.2) is 8.42 Å². The summed E-state index contributed by atoms with van der Waals surface area (Å²) in [6.45, 7) is 3.60. The molecule has 29 heavy (non-hydrogen) atoms. The van der Waals surface area contributed by atoms with Crippen molar-refractivity contribution in [1.82, 2.24) is 4.31 Å². The molecule has 0 saturated carbocycles. The molecule has 1 N–H and O–H groups in total. The van der Waals surface area contributed by atoms with Gasteiger partial charge in [-0.1, -0.05) is 12.1 Å². The Morgan fingerprint density at radius 1 is 1.07 bits per heavy atom. The largest absolute Gasteiger partial charge is 0.492 e. The van der Waals surface area contributed by atoms with Crippen molar-refractivity contribution >= 4 is 21.6 Å². The highest BCUT2D eigenvalue weighted by atomic mass is 32.2. The maximum Gasteiger partial charge on any atom is 0.262 e. The molecule has 0 atom stereocenters. The first kappa shape index (κ1) is 21.1. The van der Waals surface area contributed by atoms with Gasteiger partial charge in [0.05, 0.1) is 30.4 Å². The number of ether oxygens (including phenoxy) is 3. The topological polar surface area (TPSA) is 94.2 Å². The van der Waals surface area contributed by atoms with Crippen LogP contribution in [0.5, 0.6) is 11.5 Å². The Labute approximate surface area is 170 Å². The number of hydrogen-bond donors (Lipinski definition) is 1. The van der Waals surface area contributed by atoms with E-state index < -0.39 is 10.0 Å². The molecule has 3 rings (SSSR count). The lowest BCUT2D eigenvalue weighted by atomic mass is 10.3. The van der Waals surface area contributed by atoms with Gasteiger partial charge in [-0.2, -0.15) is 4.31 Å². The van der Waals surface area contributed by atoms with Crippen molar-refractivity contribution in [2.24, 2.45) is 0 Å². The highest BCUT2D eigenvalue weighted by molar-refractivity contribution is 7.89. The van der Waals surface area contributed by atoms with Gasteiger partial charge in [0.2, 0.25) is 10.0 Å². The summed E-state index contributed by atoms with van der Waals surface area (Å²) < 4.78 is 42.8. The average molecular weight is 420 g/mol. The summed E-state index contributed by atoms with van der Waals surface area (Å²) in [7, 11) is -3.56.